The maximum atomic E-state index is 9.78. The molecule has 1 unspecified atom stereocenters. The summed E-state index contributed by atoms with van der Waals surface area (Å²) < 4.78 is 0. The van der Waals surface area contributed by atoms with Crippen LogP contribution in [0.4, 0.5) is 0 Å². The fraction of sp³-hybridized carbons (Fsp3) is 0.615. The lowest BCUT2D eigenvalue weighted by Crippen LogP contribution is -2.10. The van der Waals surface area contributed by atoms with Gasteiger partial charge in [0.15, 0.2) is 0 Å². The number of aromatic nitrogens is 1. The first-order valence-electron chi connectivity index (χ1n) is 5.90. The van der Waals surface area contributed by atoms with E-state index in [0.717, 1.165) is 19.3 Å². The van der Waals surface area contributed by atoms with Crippen LogP contribution in [0.15, 0.2) is 24.5 Å². The minimum Gasteiger partial charge on any atom is -0.393 e. The predicted octanol–water partition coefficient (Wildman–Crippen LogP) is 2.96. The lowest BCUT2D eigenvalue weighted by Gasteiger charge is -2.09. The summed E-state index contributed by atoms with van der Waals surface area (Å²) >= 11 is 0. The summed E-state index contributed by atoms with van der Waals surface area (Å²) in [4.78, 5) is 3.96. The van der Waals surface area contributed by atoms with E-state index in [1.807, 2.05) is 12.1 Å². The summed E-state index contributed by atoms with van der Waals surface area (Å²) in [5.74, 6) is 0. The van der Waals surface area contributed by atoms with Gasteiger partial charge in [0, 0.05) is 12.4 Å². The van der Waals surface area contributed by atoms with E-state index in [9.17, 15) is 5.11 Å². The van der Waals surface area contributed by atoms with Crippen LogP contribution in [0.5, 0.6) is 0 Å². The second kappa shape index (κ2) is 7.41. The van der Waals surface area contributed by atoms with Crippen LogP contribution in [0, 0.1) is 0 Å². The molecule has 0 saturated heterocycles. The highest BCUT2D eigenvalue weighted by molar-refractivity contribution is 5.10. The number of hydrogen-bond donors (Lipinski definition) is 1. The van der Waals surface area contributed by atoms with Crippen molar-refractivity contribution in [1.82, 2.24) is 4.98 Å². The third-order valence-electron chi connectivity index (χ3n) is 2.61. The number of rotatable bonds is 7. The fourth-order valence-corrected chi connectivity index (χ4v) is 1.70. The normalized spacial score (nSPS) is 12.7. The molecule has 1 aromatic rings. The largest absolute Gasteiger partial charge is 0.393 e. The molecule has 1 N–H and O–H groups in total. The molecule has 0 amide bonds. The molecule has 0 aromatic carbocycles. The highest BCUT2D eigenvalue weighted by Crippen LogP contribution is 2.09. The van der Waals surface area contributed by atoms with E-state index in [2.05, 4.69) is 11.9 Å². The molecule has 15 heavy (non-hydrogen) atoms. The summed E-state index contributed by atoms with van der Waals surface area (Å²) in [5, 5.41) is 9.78. The van der Waals surface area contributed by atoms with Crippen molar-refractivity contribution in [2.24, 2.45) is 0 Å². The molecular formula is C13H21NO. The zero-order valence-electron chi connectivity index (χ0n) is 9.52. The summed E-state index contributed by atoms with van der Waals surface area (Å²) in [6.45, 7) is 2.20. The molecule has 2 nitrogen and oxygen atoms in total. The van der Waals surface area contributed by atoms with Gasteiger partial charge in [-0.1, -0.05) is 32.6 Å². The molecule has 1 heterocycles. The molecule has 0 aliphatic rings. The van der Waals surface area contributed by atoms with Crippen molar-refractivity contribution in [2.45, 2.75) is 51.6 Å². The topological polar surface area (TPSA) is 33.1 Å². The van der Waals surface area contributed by atoms with Crippen molar-refractivity contribution in [3.63, 3.8) is 0 Å². The molecule has 0 radical (unpaired) electrons. The third kappa shape index (κ3) is 5.53. The van der Waals surface area contributed by atoms with Gasteiger partial charge in [-0.05, 0) is 30.5 Å². The summed E-state index contributed by atoms with van der Waals surface area (Å²) in [7, 11) is 0. The van der Waals surface area contributed by atoms with Gasteiger partial charge in [-0.25, -0.2) is 0 Å². The minimum absolute atomic E-state index is 0.191. The van der Waals surface area contributed by atoms with Crippen LogP contribution in [0.25, 0.3) is 0 Å². The smallest absolute Gasteiger partial charge is 0.0580 e. The quantitative estimate of drug-likeness (QED) is 0.697. The molecule has 1 aromatic heterocycles. The van der Waals surface area contributed by atoms with E-state index in [-0.39, 0.29) is 6.10 Å². The van der Waals surface area contributed by atoms with Crippen LogP contribution < -0.4 is 0 Å². The van der Waals surface area contributed by atoms with Crippen LogP contribution in [-0.2, 0) is 6.42 Å². The Labute approximate surface area is 92.4 Å². The van der Waals surface area contributed by atoms with Gasteiger partial charge in [-0.15, -0.1) is 0 Å². The molecule has 0 spiro atoms. The van der Waals surface area contributed by atoms with Crippen molar-refractivity contribution >= 4 is 0 Å². The Bertz CT molecular complexity index is 248. The SMILES string of the molecule is CCCCCCC(O)Cc1ccncc1. The summed E-state index contributed by atoms with van der Waals surface area (Å²) in [5.41, 5.74) is 1.17. The molecule has 0 fully saturated rings. The average molecular weight is 207 g/mol. The van der Waals surface area contributed by atoms with E-state index in [1.54, 1.807) is 12.4 Å². The van der Waals surface area contributed by atoms with Gasteiger partial charge in [0.05, 0.1) is 6.10 Å². The first-order chi connectivity index (χ1) is 7.33. The van der Waals surface area contributed by atoms with Gasteiger partial charge in [0.25, 0.3) is 0 Å². The van der Waals surface area contributed by atoms with Gasteiger partial charge in [-0.3, -0.25) is 4.98 Å². The molecule has 0 aliphatic carbocycles. The van der Waals surface area contributed by atoms with E-state index >= 15 is 0 Å². The van der Waals surface area contributed by atoms with Gasteiger partial charge >= 0.3 is 0 Å². The maximum absolute atomic E-state index is 9.78. The second-order valence-corrected chi connectivity index (χ2v) is 4.06. The second-order valence-electron chi connectivity index (χ2n) is 4.06. The van der Waals surface area contributed by atoms with E-state index in [1.165, 1.54) is 24.8 Å². The highest BCUT2D eigenvalue weighted by Gasteiger charge is 2.04. The summed E-state index contributed by atoms with van der Waals surface area (Å²) in [6.07, 6.45) is 9.95. The van der Waals surface area contributed by atoms with Crippen molar-refractivity contribution in [1.29, 1.82) is 0 Å². The predicted molar refractivity (Wildman–Crippen MR) is 62.7 cm³/mol. The Morgan fingerprint density at radius 3 is 2.60 bits per heavy atom. The molecule has 0 aliphatic heterocycles. The highest BCUT2D eigenvalue weighted by atomic mass is 16.3. The first-order valence-corrected chi connectivity index (χ1v) is 5.90. The third-order valence-corrected chi connectivity index (χ3v) is 2.61. The lowest BCUT2D eigenvalue weighted by atomic mass is 10.0. The average Bonchev–Trinajstić information content (AvgIpc) is 2.26. The molecule has 2 heteroatoms. The Hall–Kier alpha value is -0.890. The lowest BCUT2D eigenvalue weighted by molar-refractivity contribution is 0.161. The Kier molecular flexibility index (Phi) is 6.02. The molecule has 0 saturated carbocycles. The molecule has 84 valence electrons. The zero-order valence-corrected chi connectivity index (χ0v) is 9.52. The van der Waals surface area contributed by atoms with Crippen molar-refractivity contribution < 1.29 is 5.11 Å². The zero-order chi connectivity index (χ0) is 10.9. The van der Waals surface area contributed by atoms with Gasteiger partial charge in [0.2, 0.25) is 0 Å². The summed E-state index contributed by atoms with van der Waals surface area (Å²) in [6, 6.07) is 3.94. The number of aliphatic hydroxyl groups excluding tert-OH is 1. The Morgan fingerprint density at radius 2 is 1.93 bits per heavy atom. The van der Waals surface area contributed by atoms with Gasteiger partial charge < -0.3 is 5.11 Å². The number of unbranched alkanes of at least 4 members (excludes halogenated alkanes) is 3. The van der Waals surface area contributed by atoms with Crippen molar-refractivity contribution in [3.05, 3.63) is 30.1 Å². The standard InChI is InChI=1S/C13H21NO/c1-2-3-4-5-6-13(15)11-12-7-9-14-10-8-12/h7-10,13,15H,2-6,11H2,1H3. The van der Waals surface area contributed by atoms with Crippen LogP contribution in [0.3, 0.4) is 0 Å². The van der Waals surface area contributed by atoms with Crippen LogP contribution in [-0.4, -0.2) is 16.2 Å². The number of aliphatic hydroxyl groups is 1. The van der Waals surface area contributed by atoms with Crippen molar-refractivity contribution in [3.8, 4) is 0 Å². The number of nitrogens with zero attached hydrogens (tertiary/aromatic N) is 1. The molecule has 1 atom stereocenters. The van der Waals surface area contributed by atoms with Crippen LogP contribution in [0.2, 0.25) is 0 Å². The minimum atomic E-state index is -0.191. The van der Waals surface area contributed by atoms with Gasteiger partial charge in [0.1, 0.15) is 0 Å². The van der Waals surface area contributed by atoms with E-state index < -0.39 is 0 Å². The molecule has 0 bridgehead atoms. The molecular weight excluding hydrogens is 186 g/mol. The Balaban J connectivity index is 2.16. The molecule has 1 rings (SSSR count). The van der Waals surface area contributed by atoms with Gasteiger partial charge in [-0.2, -0.15) is 0 Å². The number of pyridine rings is 1. The van der Waals surface area contributed by atoms with E-state index in [4.69, 9.17) is 0 Å². The maximum Gasteiger partial charge on any atom is 0.0580 e. The monoisotopic (exact) mass is 207 g/mol. The van der Waals surface area contributed by atoms with Crippen LogP contribution in [0.1, 0.15) is 44.6 Å². The van der Waals surface area contributed by atoms with E-state index in [0.29, 0.717) is 0 Å². The van der Waals surface area contributed by atoms with Crippen LogP contribution >= 0.6 is 0 Å². The Morgan fingerprint density at radius 1 is 1.20 bits per heavy atom. The van der Waals surface area contributed by atoms with Crippen molar-refractivity contribution in [2.75, 3.05) is 0 Å². The first kappa shape index (κ1) is 12.2. The fourth-order valence-electron chi connectivity index (χ4n) is 1.70. The number of hydrogen-bond acceptors (Lipinski definition) is 2.